The fourth-order valence-corrected chi connectivity index (χ4v) is 3.17. The van der Waals surface area contributed by atoms with Crippen LogP contribution < -0.4 is 5.73 Å². The fraction of sp³-hybridized carbons (Fsp3) is 0.750. The lowest BCUT2D eigenvalue weighted by molar-refractivity contribution is 0.107. The first kappa shape index (κ1) is 14.6. The first-order valence-electron chi connectivity index (χ1n) is 7.71. The molecule has 1 aromatic rings. The Kier molecular flexibility index (Phi) is 5.06. The fourth-order valence-electron chi connectivity index (χ4n) is 3.17. The van der Waals surface area contributed by atoms with Crippen LogP contribution in [0.4, 0.5) is 0 Å². The smallest absolute Gasteiger partial charge is 0.122 e. The van der Waals surface area contributed by atoms with Crippen molar-refractivity contribution in [2.75, 3.05) is 6.54 Å². The van der Waals surface area contributed by atoms with Crippen molar-refractivity contribution in [3.8, 4) is 0 Å². The van der Waals surface area contributed by atoms with Crippen LogP contribution in [0.1, 0.15) is 63.5 Å². The molecule has 0 amide bonds. The van der Waals surface area contributed by atoms with E-state index in [0.717, 1.165) is 24.5 Å². The Morgan fingerprint density at radius 3 is 2.79 bits per heavy atom. The highest BCUT2D eigenvalue weighted by molar-refractivity contribution is 5.12. The Labute approximate surface area is 117 Å². The third kappa shape index (κ3) is 3.40. The molecule has 19 heavy (non-hydrogen) atoms. The molecule has 0 aliphatic carbocycles. The second-order valence-corrected chi connectivity index (χ2v) is 5.90. The summed E-state index contributed by atoms with van der Waals surface area (Å²) in [5.74, 6) is 2.02. The Balaban J connectivity index is 2.25. The van der Waals surface area contributed by atoms with Crippen LogP contribution in [0.5, 0.6) is 0 Å². The van der Waals surface area contributed by atoms with Gasteiger partial charge >= 0.3 is 0 Å². The van der Waals surface area contributed by atoms with Crippen molar-refractivity contribution in [2.45, 2.75) is 71.0 Å². The highest BCUT2D eigenvalue weighted by Crippen LogP contribution is 2.31. The molecule has 0 radical (unpaired) electrons. The predicted molar refractivity (Wildman–Crippen MR) is 79.1 cm³/mol. The molecule has 0 saturated carbocycles. The first-order chi connectivity index (χ1) is 9.13. The van der Waals surface area contributed by atoms with Crippen LogP contribution in [-0.4, -0.2) is 23.5 Å². The van der Waals surface area contributed by atoms with E-state index in [4.69, 9.17) is 10.2 Å². The lowest BCUT2D eigenvalue weighted by Crippen LogP contribution is -2.44. The number of aryl methyl sites for hydroxylation is 1. The molecule has 2 rings (SSSR count). The van der Waals surface area contributed by atoms with E-state index < -0.39 is 0 Å². The molecule has 3 nitrogen and oxygen atoms in total. The SMILES string of the molecule is CCC(N)C(c1ccc(C)o1)N1CCCCCC1C. The van der Waals surface area contributed by atoms with Crippen molar-refractivity contribution < 1.29 is 4.42 Å². The van der Waals surface area contributed by atoms with Gasteiger partial charge in [-0.05, 0) is 51.8 Å². The lowest BCUT2D eigenvalue weighted by Gasteiger charge is -2.37. The minimum atomic E-state index is 0.145. The van der Waals surface area contributed by atoms with Crippen molar-refractivity contribution in [2.24, 2.45) is 5.73 Å². The molecule has 108 valence electrons. The van der Waals surface area contributed by atoms with Gasteiger partial charge in [-0.2, -0.15) is 0 Å². The van der Waals surface area contributed by atoms with Gasteiger partial charge < -0.3 is 10.2 Å². The van der Waals surface area contributed by atoms with Crippen molar-refractivity contribution in [3.63, 3.8) is 0 Å². The zero-order valence-corrected chi connectivity index (χ0v) is 12.6. The quantitative estimate of drug-likeness (QED) is 0.903. The monoisotopic (exact) mass is 264 g/mol. The summed E-state index contributed by atoms with van der Waals surface area (Å²) in [6.07, 6.45) is 6.20. The van der Waals surface area contributed by atoms with Crippen LogP contribution >= 0.6 is 0 Å². The average molecular weight is 264 g/mol. The molecule has 3 atom stereocenters. The minimum Gasteiger partial charge on any atom is -0.465 e. The molecule has 2 N–H and O–H groups in total. The van der Waals surface area contributed by atoms with Crippen LogP contribution in [0, 0.1) is 6.92 Å². The Hall–Kier alpha value is -0.800. The molecular formula is C16H28N2O. The lowest BCUT2D eigenvalue weighted by atomic mass is 9.99. The van der Waals surface area contributed by atoms with Gasteiger partial charge in [-0.1, -0.05) is 19.8 Å². The molecule has 1 saturated heterocycles. The van der Waals surface area contributed by atoms with E-state index in [2.05, 4.69) is 24.8 Å². The van der Waals surface area contributed by atoms with Crippen LogP contribution in [0.15, 0.2) is 16.5 Å². The maximum atomic E-state index is 6.40. The number of rotatable bonds is 4. The van der Waals surface area contributed by atoms with Crippen molar-refractivity contribution in [3.05, 3.63) is 23.7 Å². The second kappa shape index (κ2) is 6.58. The average Bonchev–Trinajstić information content (AvgIpc) is 2.71. The van der Waals surface area contributed by atoms with Gasteiger partial charge in [0, 0.05) is 12.1 Å². The highest BCUT2D eigenvalue weighted by atomic mass is 16.3. The number of nitrogens with zero attached hydrogens (tertiary/aromatic N) is 1. The molecule has 1 aromatic heterocycles. The zero-order chi connectivity index (χ0) is 13.8. The molecule has 1 fully saturated rings. The van der Waals surface area contributed by atoms with Crippen LogP contribution in [0.25, 0.3) is 0 Å². The Morgan fingerprint density at radius 1 is 1.37 bits per heavy atom. The van der Waals surface area contributed by atoms with Crippen molar-refractivity contribution in [1.29, 1.82) is 0 Å². The van der Waals surface area contributed by atoms with E-state index in [1.807, 2.05) is 13.0 Å². The number of likely N-dealkylation sites (tertiary alicyclic amines) is 1. The number of nitrogens with two attached hydrogens (primary N) is 1. The van der Waals surface area contributed by atoms with Gasteiger partial charge in [-0.15, -0.1) is 0 Å². The van der Waals surface area contributed by atoms with E-state index in [1.165, 1.54) is 25.7 Å². The summed E-state index contributed by atoms with van der Waals surface area (Å²) in [5.41, 5.74) is 6.40. The van der Waals surface area contributed by atoms with Gasteiger partial charge in [0.15, 0.2) is 0 Å². The molecule has 0 spiro atoms. The summed E-state index contributed by atoms with van der Waals surface area (Å²) in [6.45, 7) is 7.63. The van der Waals surface area contributed by atoms with E-state index >= 15 is 0 Å². The zero-order valence-electron chi connectivity index (χ0n) is 12.6. The van der Waals surface area contributed by atoms with Gasteiger partial charge in [-0.25, -0.2) is 0 Å². The van der Waals surface area contributed by atoms with E-state index in [9.17, 15) is 0 Å². The normalized spacial score (nSPS) is 24.9. The van der Waals surface area contributed by atoms with E-state index in [-0.39, 0.29) is 12.1 Å². The minimum absolute atomic E-state index is 0.145. The maximum Gasteiger partial charge on any atom is 0.122 e. The highest BCUT2D eigenvalue weighted by Gasteiger charge is 2.32. The largest absolute Gasteiger partial charge is 0.465 e. The van der Waals surface area contributed by atoms with Gasteiger partial charge in [-0.3, -0.25) is 4.90 Å². The number of furan rings is 1. The van der Waals surface area contributed by atoms with E-state index in [1.54, 1.807) is 0 Å². The molecule has 1 aliphatic heterocycles. The maximum absolute atomic E-state index is 6.40. The van der Waals surface area contributed by atoms with Crippen LogP contribution in [-0.2, 0) is 0 Å². The van der Waals surface area contributed by atoms with E-state index in [0.29, 0.717) is 6.04 Å². The topological polar surface area (TPSA) is 42.4 Å². The third-order valence-corrected chi connectivity index (χ3v) is 4.39. The summed E-state index contributed by atoms with van der Waals surface area (Å²) in [6, 6.07) is 5.12. The molecule has 1 aliphatic rings. The molecule has 0 bridgehead atoms. The van der Waals surface area contributed by atoms with Gasteiger partial charge in [0.05, 0.1) is 6.04 Å². The summed E-state index contributed by atoms with van der Waals surface area (Å²) in [7, 11) is 0. The number of hydrogen-bond acceptors (Lipinski definition) is 3. The Morgan fingerprint density at radius 2 is 2.16 bits per heavy atom. The predicted octanol–water partition coefficient (Wildman–Crippen LogP) is 3.63. The van der Waals surface area contributed by atoms with Gasteiger partial charge in [0.2, 0.25) is 0 Å². The molecule has 2 heterocycles. The third-order valence-electron chi connectivity index (χ3n) is 4.39. The van der Waals surface area contributed by atoms with Gasteiger partial charge in [0.25, 0.3) is 0 Å². The molecule has 0 aromatic carbocycles. The van der Waals surface area contributed by atoms with Crippen molar-refractivity contribution >= 4 is 0 Å². The standard InChI is InChI=1S/C16H28N2O/c1-4-14(17)16(15-10-9-13(3)19-15)18-11-7-5-6-8-12(18)2/h9-10,12,14,16H,4-8,11,17H2,1-3H3. The van der Waals surface area contributed by atoms with Crippen molar-refractivity contribution in [1.82, 2.24) is 4.90 Å². The molecular weight excluding hydrogens is 236 g/mol. The molecule has 3 heteroatoms. The first-order valence-corrected chi connectivity index (χ1v) is 7.71. The van der Waals surface area contributed by atoms with Gasteiger partial charge in [0.1, 0.15) is 11.5 Å². The number of hydrogen-bond donors (Lipinski definition) is 1. The summed E-state index contributed by atoms with van der Waals surface area (Å²) in [4.78, 5) is 2.57. The van der Waals surface area contributed by atoms with Crippen LogP contribution in [0.3, 0.4) is 0 Å². The Bertz CT molecular complexity index is 388. The summed E-state index contributed by atoms with van der Waals surface area (Å²) in [5, 5.41) is 0. The summed E-state index contributed by atoms with van der Waals surface area (Å²) >= 11 is 0. The second-order valence-electron chi connectivity index (χ2n) is 5.90. The van der Waals surface area contributed by atoms with Crippen LogP contribution in [0.2, 0.25) is 0 Å². The molecule has 3 unspecified atom stereocenters. The summed E-state index contributed by atoms with van der Waals surface area (Å²) < 4.78 is 5.89.